The molecule has 10 heteroatoms. The topological polar surface area (TPSA) is 88.1 Å². The fourth-order valence-electron chi connectivity index (χ4n) is 1.97. The summed E-state index contributed by atoms with van der Waals surface area (Å²) in [6, 6.07) is 0. The number of methoxy groups -OCH3 is 1. The zero-order valence-electron chi connectivity index (χ0n) is 23.2. The number of hydrogen-bond acceptors (Lipinski definition) is 7. The molecule has 0 aliphatic heterocycles. The molecule has 192 valence electrons. The molecular formula is C21H51O7P3. The molecule has 0 amide bonds. The van der Waals surface area contributed by atoms with Gasteiger partial charge < -0.3 is 18.3 Å². The van der Waals surface area contributed by atoms with E-state index in [-0.39, 0.29) is 10.3 Å². The Hall–Kier alpha value is 0.530. The van der Waals surface area contributed by atoms with Crippen LogP contribution in [0, 0.1) is 0 Å². The fraction of sp³-hybridized carbons (Fsp3) is 1.00. The monoisotopic (exact) mass is 508 g/mol. The maximum atomic E-state index is 12.5. The van der Waals surface area contributed by atoms with Gasteiger partial charge in [-0.1, -0.05) is 62.3 Å². The third-order valence-electron chi connectivity index (χ3n) is 5.48. The van der Waals surface area contributed by atoms with Crippen molar-refractivity contribution < 1.29 is 32.0 Å². The Morgan fingerprint density at radius 3 is 0.774 bits per heavy atom. The Morgan fingerprint density at radius 2 is 0.742 bits per heavy atom. The molecule has 0 saturated heterocycles. The van der Waals surface area contributed by atoms with Gasteiger partial charge in [-0.05, 0) is 13.8 Å². The molecule has 0 fully saturated rings. The van der Waals surface area contributed by atoms with Gasteiger partial charge in [-0.3, -0.25) is 13.7 Å². The maximum absolute atomic E-state index is 12.5. The highest BCUT2D eigenvalue weighted by molar-refractivity contribution is 7.62. The molecule has 0 rings (SSSR count). The first-order chi connectivity index (χ1) is 13.2. The highest BCUT2D eigenvalue weighted by Gasteiger charge is 2.50. The molecule has 3 unspecified atom stereocenters. The van der Waals surface area contributed by atoms with Crippen LogP contribution in [-0.4, -0.2) is 62.6 Å². The number of hydrogen-bond donors (Lipinski definition) is 0. The first-order valence-electron chi connectivity index (χ1n) is 10.2. The van der Waals surface area contributed by atoms with Crippen LogP contribution in [0.3, 0.4) is 0 Å². The van der Waals surface area contributed by atoms with Crippen LogP contribution >= 0.6 is 22.1 Å². The van der Waals surface area contributed by atoms with Crippen molar-refractivity contribution in [2.24, 2.45) is 0 Å². The summed E-state index contributed by atoms with van der Waals surface area (Å²) in [4.78, 5) is 0. The summed E-state index contributed by atoms with van der Waals surface area (Å²) in [5, 5.41) is -1.58. The Labute approximate surface area is 193 Å². The molecule has 0 aliphatic rings. The molecule has 0 N–H and O–H groups in total. The standard InChI is InChI=1S/C9H21O3P.2C6H15O2P/c1-8(2,3)13(10,12-7)9(4,5)11-6;2*1-6(2,3)9(5,7)8-4/h1-7H3;2*1-5H3. The average Bonchev–Trinajstić information content (AvgIpc) is 2.58. The van der Waals surface area contributed by atoms with E-state index in [4.69, 9.17) is 18.3 Å². The molecule has 7 nitrogen and oxygen atoms in total. The van der Waals surface area contributed by atoms with E-state index >= 15 is 0 Å². The van der Waals surface area contributed by atoms with Gasteiger partial charge in [0.05, 0.1) is 0 Å². The van der Waals surface area contributed by atoms with Crippen LogP contribution in [0.5, 0.6) is 0 Å². The second-order valence-corrected chi connectivity index (χ2v) is 21.6. The van der Waals surface area contributed by atoms with Crippen LogP contribution in [0.2, 0.25) is 0 Å². The number of ether oxygens (including phenoxy) is 1. The van der Waals surface area contributed by atoms with Crippen LogP contribution in [0.15, 0.2) is 0 Å². The maximum Gasteiger partial charge on any atom is 0.238 e. The summed E-state index contributed by atoms with van der Waals surface area (Å²) in [5.41, 5.74) is 0. The predicted octanol–water partition coefficient (Wildman–Crippen LogP) is 7.77. The lowest BCUT2D eigenvalue weighted by molar-refractivity contribution is 0.0747. The van der Waals surface area contributed by atoms with Crippen LogP contribution in [0.1, 0.15) is 76.2 Å². The molecule has 0 aromatic heterocycles. The lowest BCUT2D eigenvalue weighted by Crippen LogP contribution is -2.33. The fourth-order valence-corrected chi connectivity index (χ4v) is 5.91. The van der Waals surface area contributed by atoms with Crippen molar-refractivity contribution >= 4 is 22.1 Å². The van der Waals surface area contributed by atoms with E-state index in [1.807, 2.05) is 62.3 Å². The lowest BCUT2D eigenvalue weighted by Gasteiger charge is -2.40. The minimum Gasteiger partial charge on any atom is -0.369 e. The van der Waals surface area contributed by atoms with Crippen LogP contribution in [0.25, 0.3) is 0 Å². The Bertz CT molecular complexity index is 632. The van der Waals surface area contributed by atoms with Gasteiger partial charge in [-0.25, -0.2) is 0 Å². The van der Waals surface area contributed by atoms with Crippen molar-refractivity contribution in [1.82, 2.24) is 0 Å². The van der Waals surface area contributed by atoms with E-state index in [1.165, 1.54) is 21.3 Å². The predicted molar refractivity (Wildman–Crippen MR) is 136 cm³/mol. The van der Waals surface area contributed by atoms with E-state index in [9.17, 15) is 13.7 Å². The van der Waals surface area contributed by atoms with Gasteiger partial charge in [-0.15, -0.1) is 0 Å². The van der Waals surface area contributed by atoms with Crippen molar-refractivity contribution in [3.05, 3.63) is 0 Å². The number of rotatable bonds is 5. The Kier molecular flexibility index (Phi) is 14.3. The minimum atomic E-state index is -2.81. The first kappa shape index (κ1) is 36.1. The zero-order chi connectivity index (χ0) is 26.3. The molecule has 0 saturated carbocycles. The molecule has 3 atom stereocenters. The second kappa shape index (κ2) is 12.3. The molecule has 0 heterocycles. The van der Waals surface area contributed by atoms with Gasteiger partial charge >= 0.3 is 0 Å². The van der Waals surface area contributed by atoms with E-state index in [2.05, 4.69) is 0 Å². The van der Waals surface area contributed by atoms with Crippen molar-refractivity contribution in [2.75, 3.05) is 41.8 Å². The van der Waals surface area contributed by atoms with Crippen LogP contribution in [-0.2, 0) is 32.0 Å². The zero-order valence-corrected chi connectivity index (χ0v) is 25.9. The molecule has 0 spiro atoms. The van der Waals surface area contributed by atoms with E-state index < -0.39 is 32.6 Å². The van der Waals surface area contributed by atoms with Gasteiger partial charge in [0.2, 0.25) is 22.1 Å². The van der Waals surface area contributed by atoms with Crippen molar-refractivity contribution in [1.29, 1.82) is 0 Å². The van der Waals surface area contributed by atoms with Crippen molar-refractivity contribution in [3.63, 3.8) is 0 Å². The molecular weight excluding hydrogens is 457 g/mol. The minimum absolute atomic E-state index is 0.220. The summed E-state index contributed by atoms with van der Waals surface area (Å²) in [6.45, 7) is 24.1. The van der Waals surface area contributed by atoms with Crippen molar-refractivity contribution in [3.8, 4) is 0 Å². The summed E-state index contributed by atoms with van der Waals surface area (Å²) >= 11 is 0. The first-order valence-corrected chi connectivity index (χ1v) is 16.0. The van der Waals surface area contributed by atoms with E-state index in [0.717, 1.165) is 0 Å². The largest absolute Gasteiger partial charge is 0.369 e. The smallest absolute Gasteiger partial charge is 0.238 e. The van der Waals surface area contributed by atoms with E-state index in [0.29, 0.717) is 0 Å². The van der Waals surface area contributed by atoms with Crippen molar-refractivity contribution in [2.45, 2.75) is 97.0 Å². The molecule has 31 heavy (non-hydrogen) atoms. The SMILES string of the molecule is COC(C)(C)P(=O)(OC)C(C)(C)C.COP(C)(=O)C(C)(C)C.COP(C)(=O)C(C)(C)C. The van der Waals surface area contributed by atoms with Crippen LogP contribution in [0.4, 0.5) is 0 Å². The Balaban J connectivity index is -0.000000390. The van der Waals surface area contributed by atoms with E-state index in [1.54, 1.807) is 34.3 Å². The highest BCUT2D eigenvalue weighted by Crippen LogP contribution is 2.67. The van der Waals surface area contributed by atoms with Gasteiger partial charge in [0.15, 0.2) is 0 Å². The van der Waals surface area contributed by atoms with Gasteiger partial charge in [0.1, 0.15) is 5.34 Å². The second-order valence-electron chi connectivity index (χ2n) is 11.0. The van der Waals surface area contributed by atoms with Gasteiger partial charge in [0, 0.05) is 57.2 Å². The summed E-state index contributed by atoms with van der Waals surface area (Å²) in [5.74, 6) is 0. The summed E-state index contributed by atoms with van der Waals surface area (Å²) < 4.78 is 55.4. The molecule has 0 aromatic rings. The third-order valence-corrected chi connectivity index (χ3v) is 15.6. The molecule has 0 radical (unpaired) electrons. The van der Waals surface area contributed by atoms with Gasteiger partial charge in [0.25, 0.3) is 0 Å². The highest BCUT2D eigenvalue weighted by atomic mass is 31.2. The molecule has 0 bridgehead atoms. The quantitative estimate of drug-likeness (QED) is 0.351. The van der Waals surface area contributed by atoms with Crippen LogP contribution < -0.4 is 0 Å². The Morgan fingerprint density at radius 1 is 0.484 bits per heavy atom. The normalized spacial score (nSPS) is 18.9. The molecule has 0 aromatic carbocycles. The molecule has 0 aliphatic carbocycles. The summed E-state index contributed by atoms with van der Waals surface area (Å²) in [6.07, 6.45) is 0. The summed E-state index contributed by atoms with van der Waals surface area (Å²) in [7, 11) is -1.51. The third kappa shape index (κ3) is 10.6. The lowest BCUT2D eigenvalue weighted by atomic mass is 10.3. The van der Waals surface area contributed by atoms with Gasteiger partial charge in [-0.2, -0.15) is 0 Å². The average molecular weight is 509 g/mol.